The molecule has 0 saturated heterocycles. The van der Waals surface area contributed by atoms with Crippen LogP contribution in [0.4, 0.5) is 0 Å². The molecule has 0 aromatic carbocycles. The topological polar surface area (TPSA) is 84.9 Å². The van der Waals surface area contributed by atoms with Crippen LogP contribution in [0.3, 0.4) is 0 Å². The van der Waals surface area contributed by atoms with E-state index in [4.69, 9.17) is 0 Å². The van der Waals surface area contributed by atoms with Crippen molar-refractivity contribution in [2.45, 2.75) is 26.3 Å². The van der Waals surface area contributed by atoms with Crippen molar-refractivity contribution >= 4 is 29.9 Å². The Morgan fingerprint density at radius 2 is 2.09 bits per heavy atom. The van der Waals surface area contributed by atoms with Crippen molar-refractivity contribution in [2.24, 2.45) is 12.0 Å². The van der Waals surface area contributed by atoms with Gasteiger partial charge in [0.25, 0.3) is 0 Å². The molecular weight excluding hydrogens is 407 g/mol. The molecule has 128 valence electrons. The normalized spacial score (nSPS) is 11.2. The summed E-state index contributed by atoms with van der Waals surface area (Å²) in [5, 5.41) is 18.7. The summed E-state index contributed by atoms with van der Waals surface area (Å²) in [4.78, 5) is 4.22. The van der Waals surface area contributed by atoms with Gasteiger partial charge in [0.1, 0.15) is 12.2 Å². The highest BCUT2D eigenvalue weighted by Gasteiger charge is 2.02. The number of halogens is 1. The Morgan fingerprint density at radius 3 is 2.74 bits per heavy atom. The highest BCUT2D eigenvalue weighted by molar-refractivity contribution is 14.0. The lowest BCUT2D eigenvalue weighted by Crippen LogP contribution is -2.39. The predicted octanol–water partition coefficient (Wildman–Crippen LogP) is 0.600. The maximum absolute atomic E-state index is 4.22. The van der Waals surface area contributed by atoms with E-state index in [9.17, 15) is 0 Å². The van der Waals surface area contributed by atoms with Gasteiger partial charge in [-0.05, 0) is 12.0 Å². The maximum atomic E-state index is 4.22. The number of aromatic nitrogens is 5. The number of aliphatic imine (C=N–C) groups is 1. The second-order valence-corrected chi connectivity index (χ2v) is 4.99. The summed E-state index contributed by atoms with van der Waals surface area (Å²) in [5.41, 5.74) is 1.21. The minimum absolute atomic E-state index is 0. The van der Waals surface area contributed by atoms with Crippen molar-refractivity contribution in [3.05, 3.63) is 30.1 Å². The van der Waals surface area contributed by atoms with E-state index in [1.54, 1.807) is 13.4 Å². The second kappa shape index (κ2) is 10.2. The summed E-state index contributed by atoms with van der Waals surface area (Å²) >= 11 is 0. The van der Waals surface area contributed by atoms with Gasteiger partial charge in [-0.3, -0.25) is 9.67 Å². The zero-order chi connectivity index (χ0) is 15.8. The van der Waals surface area contributed by atoms with Crippen LogP contribution >= 0.6 is 24.0 Å². The van der Waals surface area contributed by atoms with Gasteiger partial charge in [-0.1, -0.05) is 6.92 Å². The average Bonchev–Trinajstić information content (AvgIpc) is 3.14. The van der Waals surface area contributed by atoms with Gasteiger partial charge >= 0.3 is 0 Å². The predicted molar refractivity (Wildman–Crippen MR) is 101 cm³/mol. The Morgan fingerprint density at radius 1 is 1.30 bits per heavy atom. The van der Waals surface area contributed by atoms with E-state index in [0.29, 0.717) is 0 Å². The molecule has 0 spiro atoms. The van der Waals surface area contributed by atoms with Crippen molar-refractivity contribution in [3.8, 4) is 0 Å². The van der Waals surface area contributed by atoms with Crippen molar-refractivity contribution < 1.29 is 0 Å². The molecule has 23 heavy (non-hydrogen) atoms. The standard InChI is InChI=1S/C14H24N8.HI/c1-4-13-20-18-11-22(13)8-7-17-14(15-2)16-6-5-12-9-19-21(3)10-12;/h9-11H,4-8H2,1-3H3,(H2,15,16,17);1H. The van der Waals surface area contributed by atoms with Gasteiger partial charge < -0.3 is 15.2 Å². The molecule has 0 unspecified atom stereocenters. The van der Waals surface area contributed by atoms with Gasteiger partial charge in [0.2, 0.25) is 0 Å². The summed E-state index contributed by atoms with van der Waals surface area (Å²) in [7, 11) is 3.70. The molecule has 2 aromatic rings. The van der Waals surface area contributed by atoms with Gasteiger partial charge in [-0.15, -0.1) is 34.2 Å². The summed E-state index contributed by atoms with van der Waals surface area (Å²) in [6.45, 7) is 4.49. The van der Waals surface area contributed by atoms with Crippen LogP contribution in [-0.2, 0) is 26.4 Å². The Labute approximate surface area is 153 Å². The Hall–Kier alpha value is -1.65. The zero-order valence-electron chi connectivity index (χ0n) is 13.9. The first-order valence-electron chi connectivity index (χ1n) is 7.51. The molecular formula is C14H25IN8. The molecule has 8 nitrogen and oxygen atoms in total. The minimum Gasteiger partial charge on any atom is -0.356 e. The highest BCUT2D eigenvalue weighted by Crippen LogP contribution is 1.96. The summed E-state index contributed by atoms with van der Waals surface area (Å²) < 4.78 is 3.86. The van der Waals surface area contributed by atoms with Gasteiger partial charge in [-0.25, -0.2) is 0 Å². The Bertz CT molecular complexity index is 603. The first-order chi connectivity index (χ1) is 10.7. The van der Waals surface area contributed by atoms with E-state index in [1.807, 2.05) is 24.1 Å². The molecule has 2 N–H and O–H groups in total. The lowest BCUT2D eigenvalue weighted by atomic mass is 10.2. The number of hydrogen-bond acceptors (Lipinski definition) is 4. The number of rotatable bonds is 7. The van der Waals surface area contributed by atoms with Crippen molar-refractivity contribution in [1.82, 2.24) is 35.2 Å². The molecule has 0 saturated carbocycles. The van der Waals surface area contributed by atoms with Crippen LogP contribution in [0.15, 0.2) is 23.7 Å². The molecule has 0 fully saturated rings. The summed E-state index contributed by atoms with van der Waals surface area (Å²) in [6.07, 6.45) is 7.48. The maximum Gasteiger partial charge on any atom is 0.191 e. The van der Waals surface area contributed by atoms with Gasteiger partial charge in [-0.2, -0.15) is 5.10 Å². The molecule has 0 bridgehead atoms. The molecule has 9 heteroatoms. The lowest BCUT2D eigenvalue weighted by Gasteiger charge is -2.12. The summed E-state index contributed by atoms with van der Waals surface area (Å²) in [5.74, 6) is 1.80. The Balaban J connectivity index is 0.00000264. The molecule has 0 atom stereocenters. The van der Waals surface area contributed by atoms with E-state index in [0.717, 1.165) is 44.3 Å². The van der Waals surface area contributed by atoms with Crippen LogP contribution in [0.2, 0.25) is 0 Å². The van der Waals surface area contributed by atoms with Crippen LogP contribution in [0.25, 0.3) is 0 Å². The molecule has 0 aliphatic rings. The van der Waals surface area contributed by atoms with Crippen LogP contribution < -0.4 is 10.6 Å². The number of nitrogens with one attached hydrogen (secondary N) is 2. The number of hydrogen-bond donors (Lipinski definition) is 2. The molecule has 2 rings (SSSR count). The van der Waals surface area contributed by atoms with Gasteiger partial charge in [0, 0.05) is 46.3 Å². The fourth-order valence-corrected chi connectivity index (χ4v) is 2.18. The smallest absolute Gasteiger partial charge is 0.191 e. The van der Waals surface area contributed by atoms with E-state index in [2.05, 4.69) is 42.4 Å². The van der Waals surface area contributed by atoms with Crippen LogP contribution in [0, 0.1) is 0 Å². The number of guanidine groups is 1. The fourth-order valence-electron chi connectivity index (χ4n) is 2.18. The lowest BCUT2D eigenvalue weighted by molar-refractivity contribution is 0.632. The third-order valence-corrected chi connectivity index (χ3v) is 3.35. The van der Waals surface area contributed by atoms with Crippen LogP contribution in [-0.4, -0.2) is 50.6 Å². The third-order valence-electron chi connectivity index (χ3n) is 3.35. The SMILES string of the molecule is CCc1nncn1CCNC(=NC)NCCc1cnn(C)c1.I. The first-order valence-corrected chi connectivity index (χ1v) is 7.51. The molecule has 0 radical (unpaired) electrons. The van der Waals surface area contributed by atoms with Gasteiger partial charge in [0.15, 0.2) is 5.96 Å². The largest absolute Gasteiger partial charge is 0.356 e. The van der Waals surface area contributed by atoms with Crippen LogP contribution in [0.1, 0.15) is 18.3 Å². The zero-order valence-corrected chi connectivity index (χ0v) is 16.2. The first kappa shape index (κ1) is 19.4. The molecule has 0 aliphatic heterocycles. The molecule has 2 aromatic heterocycles. The molecule has 0 aliphatic carbocycles. The second-order valence-electron chi connectivity index (χ2n) is 4.99. The minimum atomic E-state index is 0. The molecule has 2 heterocycles. The average molecular weight is 432 g/mol. The van der Waals surface area contributed by atoms with E-state index >= 15 is 0 Å². The quantitative estimate of drug-likeness (QED) is 0.380. The number of aryl methyl sites for hydroxylation is 2. The summed E-state index contributed by atoms with van der Waals surface area (Å²) in [6, 6.07) is 0. The van der Waals surface area contributed by atoms with Crippen LogP contribution in [0.5, 0.6) is 0 Å². The highest BCUT2D eigenvalue weighted by atomic mass is 127. The van der Waals surface area contributed by atoms with Crippen molar-refractivity contribution in [2.75, 3.05) is 20.1 Å². The third kappa shape index (κ3) is 6.16. The molecule has 0 amide bonds. The number of nitrogens with zero attached hydrogens (tertiary/aromatic N) is 6. The monoisotopic (exact) mass is 432 g/mol. The fraction of sp³-hybridized carbons (Fsp3) is 0.571. The van der Waals surface area contributed by atoms with Crippen molar-refractivity contribution in [1.29, 1.82) is 0 Å². The van der Waals surface area contributed by atoms with Crippen molar-refractivity contribution in [3.63, 3.8) is 0 Å². The Kier molecular flexibility index (Phi) is 8.59. The van der Waals surface area contributed by atoms with Gasteiger partial charge in [0.05, 0.1) is 6.20 Å². The van der Waals surface area contributed by atoms with E-state index in [-0.39, 0.29) is 24.0 Å². The van der Waals surface area contributed by atoms with E-state index < -0.39 is 0 Å². The van der Waals surface area contributed by atoms with E-state index in [1.165, 1.54) is 5.56 Å².